The monoisotopic (exact) mass is 491 g/mol. The number of nitrogens with zero attached hydrogens (tertiary/aromatic N) is 9. The summed E-state index contributed by atoms with van der Waals surface area (Å²) in [5, 5.41) is 21.8. The van der Waals surface area contributed by atoms with E-state index in [1.807, 2.05) is 19.1 Å². The Morgan fingerprint density at radius 2 is 2.11 bits per heavy atom. The van der Waals surface area contributed by atoms with Crippen LogP contribution < -0.4 is 9.47 Å². The van der Waals surface area contributed by atoms with Gasteiger partial charge in [0, 0.05) is 13.1 Å². The molecule has 2 atom stereocenters. The molecule has 5 rings (SSSR count). The Morgan fingerprint density at radius 3 is 2.89 bits per heavy atom. The molecular formula is C23H25N9O4. The molecule has 4 heterocycles. The van der Waals surface area contributed by atoms with Gasteiger partial charge in [-0.3, -0.25) is 4.79 Å². The highest BCUT2D eigenvalue weighted by molar-refractivity contribution is 5.70. The lowest BCUT2D eigenvalue weighted by Gasteiger charge is -2.27. The number of aromatic nitrogens is 9. The number of ether oxygens (including phenoxy) is 2. The average Bonchev–Trinajstić information content (AvgIpc) is 3.55. The number of carboxylic acids is 1. The van der Waals surface area contributed by atoms with E-state index in [2.05, 4.69) is 35.3 Å². The third kappa shape index (κ3) is 4.99. The summed E-state index contributed by atoms with van der Waals surface area (Å²) in [4.78, 5) is 28.3. The predicted molar refractivity (Wildman–Crippen MR) is 124 cm³/mol. The molecule has 4 aromatic rings. The van der Waals surface area contributed by atoms with Crippen molar-refractivity contribution in [3.63, 3.8) is 0 Å². The molecule has 4 aromatic heterocycles. The average molecular weight is 492 g/mol. The van der Waals surface area contributed by atoms with E-state index in [0.717, 1.165) is 12.8 Å². The minimum absolute atomic E-state index is 0.137. The van der Waals surface area contributed by atoms with Crippen LogP contribution in [0.4, 0.5) is 0 Å². The topological polar surface area (TPSA) is 156 Å². The number of hydrogen-bond acceptors (Lipinski definition) is 10. The van der Waals surface area contributed by atoms with Gasteiger partial charge in [0.2, 0.25) is 5.88 Å². The summed E-state index contributed by atoms with van der Waals surface area (Å²) in [5.41, 5.74) is 2.62. The lowest BCUT2D eigenvalue weighted by atomic mass is 9.87. The van der Waals surface area contributed by atoms with Gasteiger partial charge >= 0.3 is 5.97 Å². The molecule has 13 heteroatoms. The maximum Gasteiger partial charge on any atom is 0.306 e. The number of aryl methyl sites for hydroxylation is 2. The summed E-state index contributed by atoms with van der Waals surface area (Å²) >= 11 is 0. The minimum Gasteiger partial charge on any atom is -0.489 e. The molecule has 13 nitrogen and oxygen atoms in total. The zero-order chi connectivity index (χ0) is 25.1. The van der Waals surface area contributed by atoms with Crippen molar-refractivity contribution in [1.29, 1.82) is 0 Å². The Hall–Kier alpha value is -4.42. The summed E-state index contributed by atoms with van der Waals surface area (Å²) in [6, 6.07) is 5.32. The molecule has 0 aliphatic heterocycles. The van der Waals surface area contributed by atoms with E-state index < -0.39 is 5.97 Å². The van der Waals surface area contributed by atoms with Crippen LogP contribution in [0.1, 0.15) is 37.1 Å². The Labute approximate surface area is 206 Å². The van der Waals surface area contributed by atoms with Gasteiger partial charge in [-0.05, 0) is 44.7 Å². The van der Waals surface area contributed by atoms with Gasteiger partial charge in [0.1, 0.15) is 42.7 Å². The fraction of sp³-hybridized carbons (Fsp3) is 0.391. The normalized spacial score (nSPS) is 17.6. The van der Waals surface area contributed by atoms with E-state index in [1.54, 1.807) is 17.8 Å². The van der Waals surface area contributed by atoms with Crippen molar-refractivity contribution in [2.24, 2.45) is 13.0 Å². The van der Waals surface area contributed by atoms with Crippen LogP contribution in [0, 0.1) is 12.8 Å². The number of rotatable bonds is 8. The Bertz CT molecular complexity index is 1360. The number of aliphatic carboxylic acids is 1. The first-order valence-corrected chi connectivity index (χ1v) is 11.5. The van der Waals surface area contributed by atoms with Gasteiger partial charge < -0.3 is 14.6 Å². The first-order valence-electron chi connectivity index (χ1n) is 11.5. The fourth-order valence-electron chi connectivity index (χ4n) is 4.20. The van der Waals surface area contributed by atoms with Crippen molar-refractivity contribution in [3.05, 3.63) is 48.6 Å². The molecule has 1 aliphatic rings. The molecule has 1 aliphatic carbocycles. The maximum atomic E-state index is 11.4. The van der Waals surface area contributed by atoms with E-state index in [4.69, 9.17) is 9.47 Å². The van der Waals surface area contributed by atoms with Crippen LogP contribution in [0.3, 0.4) is 0 Å². The van der Waals surface area contributed by atoms with E-state index in [9.17, 15) is 9.90 Å². The fourth-order valence-corrected chi connectivity index (χ4v) is 4.20. The second kappa shape index (κ2) is 10.1. The van der Waals surface area contributed by atoms with Gasteiger partial charge in [0.15, 0.2) is 5.82 Å². The Balaban J connectivity index is 1.30. The lowest BCUT2D eigenvalue weighted by Crippen LogP contribution is -2.29. The van der Waals surface area contributed by atoms with Gasteiger partial charge in [-0.15, -0.1) is 5.10 Å². The van der Waals surface area contributed by atoms with Gasteiger partial charge in [-0.1, -0.05) is 5.21 Å². The van der Waals surface area contributed by atoms with Crippen molar-refractivity contribution in [1.82, 2.24) is 44.7 Å². The Morgan fingerprint density at radius 1 is 1.22 bits per heavy atom. The van der Waals surface area contributed by atoms with E-state index in [-0.39, 0.29) is 18.6 Å². The summed E-state index contributed by atoms with van der Waals surface area (Å²) in [6.07, 6.45) is 7.08. The van der Waals surface area contributed by atoms with Gasteiger partial charge in [0.25, 0.3) is 0 Å². The number of pyridine rings is 1. The summed E-state index contributed by atoms with van der Waals surface area (Å²) in [6.45, 7) is 2.01. The molecule has 0 unspecified atom stereocenters. The van der Waals surface area contributed by atoms with Gasteiger partial charge in [-0.25, -0.2) is 29.3 Å². The molecule has 1 fully saturated rings. The number of carbonyl (C=O) groups is 1. The highest BCUT2D eigenvalue weighted by atomic mass is 16.5. The SMILES string of the molecule is Cc1nc(-c2nnn(C)c2COc2cc(-n3cncn3)ncn2)ccc1O[C@H]1CCC[C@H](C(=O)O)C1. The minimum atomic E-state index is -0.762. The van der Waals surface area contributed by atoms with Crippen molar-refractivity contribution in [2.45, 2.75) is 45.3 Å². The van der Waals surface area contributed by atoms with Crippen LogP contribution in [0.2, 0.25) is 0 Å². The summed E-state index contributed by atoms with van der Waals surface area (Å²) < 4.78 is 15.2. The molecule has 0 amide bonds. The van der Waals surface area contributed by atoms with Crippen molar-refractivity contribution in [3.8, 4) is 28.8 Å². The molecule has 36 heavy (non-hydrogen) atoms. The van der Waals surface area contributed by atoms with Crippen molar-refractivity contribution < 1.29 is 19.4 Å². The molecular weight excluding hydrogens is 466 g/mol. The van der Waals surface area contributed by atoms with Gasteiger partial charge in [-0.2, -0.15) is 5.10 Å². The smallest absolute Gasteiger partial charge is 0.306 e. The second-order valence-electron chi connectivity index (χ2n) is 8.57. The largest absolute Gasteiger partial charge is 0.489 e. The number of hydrogen-bond donors (Lipinski definition) is 1. The van der Waals surface area contributed by atoms with Crippen LogP contribution in [0.5, 0.6) is 11.6 Å². The highest BCUT2D eigenvalue weighted by Crippen LogP contribution is 2.30. The molecule has 0 saturated heterocycles. The maximum absolute atomic E-state index is 11.4. The van der Waals surface area contributed by atoms with Crippen LogP contribution in [0.15, 0.2) is 37.2 Å². The third-order valence-corrected chi connectivity index (χ3v) is 6.13. The van der Waals surface area contributed by atoms with Crippen LogP contribution in [-0.4, -0.2) is 61.9 Å². The molecule has 186 valence electrons. The molecule has 0 spiro atoms. The molecule has 0 radical (unpaired) electrons. The van der Waals surface area contributed by atoms with Crippen LogP contribution >= 0.6 is 0 Å². The van der Waals surface area contributed by atoms with E-state index >= 15 is 0 Å². The zero-order valence-corrected chi connectivity index (χ0v) is 19.9. The van der Waals surface area contributed by atoms with E-state index in [1.165, 1.54) is 23.7 Å². The quantitative estimate of drug-likeness (QED) is 0.385. The van der Waals surface area contributed by atoms with Crippen molar-refractivity contribution >= 4 is 5.97 Å². The molecule has 1 saturated carbocycles. The van der Waals surface area contributed by atoms with Crippen molar-refractivity contribution in [2.75, 3.05) is 0 Å². The number of carboxylic acid groups (broad SMARTS) is 1. The first kappa shape index (κ1) is 23.3. The first-order chi connectivity index (χ1) is 17.5. The second-order valence-corrected chi connectivity index (χ2v) is 8.57. The summed E-state index contributed by atoms with van der Waals surface area (Å²) in [5.74, 6) is 0.408. The standard InChI is InChI=1S/C23H25N9O4/c1-14-19(36-16-5-3-4-15(8-16)23(33)34)7-6-17(28-14)22-18(31(2)30-29-22)10-35-21-9-20(25-12-26-21)32-13-24-11-27-32/h6-7,9,11-13,15-16H,3-5,8,10H2,1-2H3,(H,33,34)/t15-,16-/m0/s1. The molecule has 0 bridgehead atoms. The van der Waals surface area contributed by atoms with Crippen LogP contribution in [0.25, 0.3) is 17.2 Å². The third-order valence-electron chi connectivity index (χ3n) is 6.13. The van der Waals surface area contributed by atoms with Gasteiger partial charge in [0.05, 0.1) is 23.4 Å². The predicted octanol–water partition coefficient (Wildman–Crippen LogP) is 2.16. The highest BCUT2D eigenvalue weighted by Gasteiger charge is 2.28. The zero-order valence-electron chi connectivity index (χ0n) is 19.9. The van der Waals surface area contributed by atoms with Crippen LogP contribution in [-0.2, 0) is 18.4 Å². The molecule has 0 aromatic carbocycles. The molecule has 1 N–H and O–H groups in total. The lowest BCUT2D eigenvalue weighted by molar-refractivity contribution is -0.143. The Kier molecular flexibility index (Phi) is 6.52. The summed E-state index contributed by atoms with van der Waals surface area (Å²) in [7, 11) is 1.78. The van der Waals surface area contributed by atoms with E-state index in [0.29, 0.717) is 53.1 Å².